The molecule has 174 valence electrons. The first-order valence-corrected chi connectivity index (χ1v) is 12.2. The van der Waals surface area contributed by atoms with Crippen molar-refractivity contribution in [1.29, 1.82) is 0 Å². The number of sulfonamides is 1. The highest BCUT2D eigenvalue weighted by molar-refractivity contribution is 7.89. The van der Waals surface area contributed by atoms with Gasteiger partial charge in [0, 0.05) is 43.0 Å². The molecule has 33 heavy (non-hydrogen) atoms. The molecule has 0 saturated carbocycles. The Morgan fingerprint density at radius 2 is 1.67 bits per heavy atom. The van der Waals surface area contributed by atoms with Crippen molar-refractivity contribution >= 4 is 27.5 Å². The zero-order chi connectivity index (χ0) is 23.3. The van der Waals surface area contributed by atoms with E-state index in [4.69, 9.17) is 9.47 Å². The van der Waals surface area contributed by atoms with E-state index in [1.165, 1.54) is 17.7 Å². The number of anilines is 3. The second-order valence-corrected chi connectivity index (χ2v) is 9.46. The molecule has 0 aliphatic carbocycles. The average Bonchev–Trinajstić information content (AvgIpc) is 3.03. The van der Waals surface area contributed by atoms with E-state index < -0.39 is 10.0 Å². The number of aromatic nitrogens is 2. The third-order valence-electron chi connectivity index (χ3n) is 4.91. The molecule has 9 nitrogen and oxygen atoms in total. The van der Waals surface area contributed by atoms with Crippen LogP contribution in [0.4, 0.5) is 17.5 Å². The summed E-state index contributed by atoms with van der Waals surface area (Å²) < 4.78 is 39.1. The predicted octanol–water partition coefficient (Wildman–Crippen LogP) is 3.39. The van der Waals surface area contributed by atoms with Gasteiger partial charge in [0.05, 0.1) is 18.1 Å². The van der Waals surface area contributed by atoms with Gasteiger partial charge in [0.2, 0.25) is 16.0 Å². The van der Waals surface area contributed by atoms with Crippen LogP contribution in [0, 0.1) is 13.8 Å². The second kappa shape index (κ2) is 10.1. The predicted molar refractivity (Wildman–Crippen MR) is 127 cm³/mol. The first-order valence-electron chi connectivity index (χ1n) is 10.7. The van der Waals surface area contributed by atoms with E-state index in [0.29, 0.717) is 43.0 Å². The van der Waals surface area contributed by atoms with E-state index in [-0.39, 0.29) is 11.4 Å². The zero-order valence-corrected chi connectivity index (χ0v) is 19.4. The molecule has 3 N–H and O–H groups in total. The molecular weight excluding hydrogens is 442 g/mol. The van der Waals surface area contributed by atoms with Gasteiger partial charge in [0.25, 0.3) is 0 Å². The summed E-state index contributed by atoms with van der Waals surface area (Å²) in [5, 5.41) is 6.32. The lowest BCUT2D eigenvalue weighted by Crippen LogP contribution is -2.29. The van der Waals surface area contributed by atoms with Crippen molar-refractivity contribution < 1.29 is 17.9 Å². The van der Waals surface area contributed by atoms with Gasteiger partial charge in [0.15, 0.2) is 11.5 Å². The molecule has 0 unspecified atom stereocenters. The Kier molecular flexibility index (Phi) is 6.95. The Morgan fingerprint density at radius 3 is 2.45 bits per heavy atom. The van der Waals surface area contributed by atoms with Crippen molar-refractivity contribution in [2.24, 2.45) is 0 Å². The first kappa shape index (κ1) is 22.8. The van der Waals surface area contributed by atoms with Gasteiger partial charge >= 0.3 is 0 Å². The number of nitrogens with zero attached hydrogens (tertiary/aromatic N) is 2. The van der Waals surface area contributed by atoms with Crippen LogP contribution in [-0.4, -0.2) is 44.7 Å². The summed E-state index contributed by atoms with van der Waals surface area (Å²) in [6, 6.07) is 14.5. The number of rotatable bonds is 8. The maximum atomic E-state index is 12.7. The molecule has 0 atom stereocenters. The van der Waals surface area contributed by atoms with Crippen LogP contribution in [0.5, 0.6) is 11.5 Å². The van der Waals surface area contributed by atoms with E-state index in [0.717, 1.165) is 17.8 Å². The van der Waals surface area contributed by atoms with E-state index in [1.54, 1.807) is 6.07 Å². The van der Waals surface area contributed by atoms with Crippen LogP contribution in [0.15, 0.2) is 53.4 Å². The van der Waals surface area contributed by atoms with Crippen molar-refractivity contribution in [1.82, 2.24) is 14.7 Å². The number of aryl methyl sites for hydroxylation is 2. The van der Waals surface area contributed by atoms with Gasteiger partial charge in [0.1, 0.15) is 5.82 Å². The molecule has 0 bridgehead atoms. The minimum atomic E-state index is -3.70. The lowest BCUT2D eigenvalue weighted by Gasteiger charge is -2.12. The fourth-order valence-corrected chi connectivity index (χ4v) is 4.30. The maximum absolute atomic E-state index is 12.7. The average molecular weight is 470 g/mol. The molecule has 0 radical (unpaired) electrons. The quantitative estimate of drug-likeness (QED) is 0.430. The van der Waals surface area contributed by atoms with Crippen molar-refractivity contribution in [3.8, 4) is 11.5 Å². The third kappa shape index (κ3) is 6.11. The second-order valence-electron chi connectivity index (χ2n) is 7.69. The van der Waals surface area contributed by atoms with Crippen molar-refractivity contribution in [3.63, 3.8) is 0 Å². The van der Waals surface area contributed by atoms with Gasteiger partial charge in [-0.2, -0.15) is 4.98 Å². The van der Waals surface area contributed by atoms with E-state index in [9.17, 15) is 8.42 Å². The molecule has 2 heterocycles. The molecule has 4 rings (SSSR count). The summed E-state index contributed by atoms with van der Waals surface area (Å²) in [4.78, 5) is 8.96. The van der Waals surface area contributed by atoms with Crippen LogP contribution in [0.1, 0.15) is 17.7 Å². The Hall–Kier alpha value is -3.37. The van der Waals surface area contributed by atoms with Gasteiger partial charge in [-0.1, -0.05) is 17.7 Å². The minimum absolute atomic E-state index is 0.128. The maximum Gasteiger partial charge on any atom is 0.240 e. The smallest absolute Gasteiger partial charge is 0.240 e. The SMILES string of the molecule is Cc1ccc(Nc2cc(C)nc(NCCNS(=O)(=O)c3ccc4c(c3)OCCCO4)n2)cc1. The minimum Gasteiger partial charge on any atom is -0.490 e. The Labute approximate surface area is 193 Å². The Bertz CT molecular complexity index is 1220. The fraction of sp³-hybridized carbons (Fsp3) is 0.304. The molecule has 1 aliphatic heterocycles. The summed E-state index contributed by atoms with van der Waals surface area (Å²) in [7, 11) is -3.70. The number of benzene rings is 2. The molecule has 0 spiro atoms. The molecule has 10 heteroatoms. The van der Waals surface area contributed by atoms with Gasteiger partial charge in [-0.05, 0) is 38.1 Å². The fourth-order valence-electron chi connectivity index (χ4n) is 3.25. The third-order valence-corrected chi connectivity index (χ3v) is 6.37. The first-order chi connectivity index (χ1) is 15.9. The number of nitrogens with one attached hydrogen (secondary N) is 3. The lowest BCUT2D eigenvalue weighted by molar-refractivity contribution is 0.297. The largest absolute Gasteiger partial charge is 0.490 e. The highest BCUT2D eigenvalue weighted by Crippen LogP contribution is 2.31. The Morgan fingerprint density at radius 1 is 0.909 bits per heavy atom. The van der Waals surface area contributed by atoms with Crippen LogP contribution in [0.2, 0.25) is 0 Å². The van der Waals surface area contributed by atoms with E-state index in [2.05, 4.69) is 25.3 Å². The summed E-state index contributed by atoms with van der Waals surface area (Å²) in [6.07, 6.45) is 0.754. The van der Waals surface area contributed by atoms with Crippen molar-refractivity contribution in [3.05, 3.63) is 59.8 Å². The van der Waals surface area contributed by atoms with Gasteiger partial charge in [-0.15, -0.1) is 0 Å². The van der Waals surface area contributed by atoms with Crippen LogP contribution in [0.25, 0.3) is 0 Å². The molecule has 3 aromatic rings. The van der Waals surface area contributed by atoms with Gasteiger partial charge in [-0.25, -0.2) is 18.1 Å². The van der Waals surface area contributed by atoms with Crippen molar-refractivity contribution in [2.45, 2.75) is 25.2 Å². The zero-order valence-electron chi connectivity index (χ0n) is 18.6. The summed E-state index contributed by atoms with van der Waals surface area (Å²) in [5.41, 5.74) is 2.89. The van der Waals surface area contributed by atoms with Crippen LogP contribution >= 0.6 is 0 Å². The Balaban J connectivity index is 1.34. The highest BCUT2D eigenvalue weighted by Gasteiger charge is 2.18. The number of hydrogen-bond acceptors (Lipinski definition) is 8. The highest BCUT2D eigenvalue weighted by atomic mass is 32.2. The van der Waals surface area contributed by atoms with Crippen LogP contribution in [-0.2, 0) is 10.0 Å². The van der Waals surface area contributed by atoms with Crippen LogP contribution in [0.3, 0.4) is 0 Å². The summed E-state index contributed by atoms with van der Waals surface area (Å²) in [5.74, 6) is 2.07. The molecular formula is C23H27N5O4S. The molecule has 0 fully saturated rings. The standard InChI is InChI=1S/C23H27N5O4S/c1-16-4-6-18(7-5-16)27-22-14-17(2)26-23(28-22)24-10-11-25-33(29,30)19-8-9-20-21(15-19)32-13-3-12-31-20/h4-9,14-15,25H,3,10-13H2,1-2H3,(H2,24,26,27,28). The summed E-state index contributed by atoms with van der Waals surface area (Å²) >= 11 is 0. The molecule has 0 amide bonds. The van der Waals surface area contributed by atoms with Gasteiger partial charge in [-0.3, -0.25) is 0 Å². The topological polar surface area (TPSA) is 114 Å². The molecule has 1 aromatic heterocycles. The molecule has 1 aliphatic rings. The van der Waals surface area contributed by atoms with E-state index in [1.807, 2.05) is 44.2 Å². The number of fused-ring (bicyclic) bond motifs is 1. The van der Waals surface area contributed by atoms with Gasteiger partial charge < -0.3 is 20.1 Å². The monoisotopic (exact) mass is 469 g/mol. The van der Waals surface area contributed by atoms with Crippen LogP contribution < -0.4 is 24.8 Å². The molecule has 2 aromatic carbocycles. The van der Waals surface area contributed by atoms with Crippen molar-refractivity contribution in [2.75, 3.05) is 36.9 Å². The number of ether oxygens (including phenoxy) is 2. The summed E-state index contributed by atoms with van der Waals surface area (Å²) in [6.45, 7) is 5.42. The van der Waals surface area contributed by atoms with E-state index >= 15 is 0 Å². The number of hydrogen-bond donors (Lipinski definition) is 3. The normalized spacial score (nSPS) is 13.3. The lowest BCUT2D eigenvalue weighted by atomic mass is 10.2. The molecule has 0 saturated heterocycles.